The first-order valence-electron chi connectivity index (χ1n) is 6.45. The number of hydrogen-bond donors (Lipinski definition) is 0. The second-order valence-corrected chi connectivity index (χ2v) is 4.44. The molecule has 100 valence electrons. The second kappa shape index (κ2) is 5.57. The smallest absolute Gasteiger partial charge is 0.118 e. The molecular weight excluding hydrogens is 250 g/mol. The molecule has 3 rings (SSSR count). The van der Waals surface area contributed by atoms with Gasteiger partial charge in [-0.05, 0) is 29.8 Å². The van der Waals surface area contributed by atoms with E-state index in [0.29, 0.717) is 6.54 Å². The maximum atomic E-state index is 5.13. The van der Waals surface area contributed by atoms with Crippen molar-refractivity contribution in [3.05, 3.63) is 60.2 Å². The van der Waals surface area contributed by atoms with Gasteiger partial charge in [0.25, 0.3) is 0 Å². The molecule has 0 bridgehead atoms. The lowest BCUT2D eigenvalue weighted by molar-refractivity contribution is 0.415. The van der Waals surface area contributed by atoms with E-state index in [0.717, 1.165) is 22.3 Å². The van der Waals surface area contributed by atoms with Crippen LogP contribution in [0.25, 0.3) is 17.1 Å². The fourth-order valence-corrected chi connectivity index (χ4v) is 2.06. The lowest BCUT2D eigenvalue weighted by Crippen LogP contribution is -1.97. The van der Waals surface area contributed by atoms with Crippen molar-refractivity contribution in [1.82, 2.24) is 15.0 Å². The van der Waals surface area contributed by atoms with Crippen molar-refractivity contribution in [3.8, 4) is 5.75 Å². The van der Waals surface area contributed by atoms with Gasteiger partial charge in [-0.15, -0.1) is 5.10 Å². The highest BCUT2D eigenvalue weighted by Crippen LogP contribution is 2.13. The quantitative estimate of drug-likeness (QED) is 0.727. The molecule has 0 spiro atoms. The van der Waals surface area contributed by atoms with Crippen LogP contribution in [0.1, 0.15) is 5.56 Å². The molecule has 4 heteroatoms. The summed E-state index contributed by atoms with van der Waals surface area (Å²) in [4.78, 5) is 0. The van der Waals surface area contributed by atoms with Gasteiger partial charge in [-0.3, -0.25) is 0 Å². The molecule has 0 radical (unpaired) electrons. The second-order valence-electron chi connectivity index (χ2n) is 4.44. The summed E-state index contributed by atoms with van der Waals surface area (Å²) in [5.74, 6) is 0.865. The monoisotopic (exact) mass is 265 g/mol. The van der Waals surface area contributed by atoms with Crippen LogP contribution in [0.3, 0.4) is 0 Å². The van der Waals surface area contributed by atoms with Gasteiger partial charge in [0.1, 0.15) is 11.3 Å². The van der Waals surface area contributed by atoms with Crippen LogP contribution in [-0.2, 0) is 6.54 Å². The predicted octanol–water partition coefficient (Wildman–Crippen LogP) is 3.15. The van der Waals surface area contributed by atoms with E-state index in [1.165, 1.54) is 0 Å². The van der Waals surface area contributed by atoms with Crippen molar-refractivity contribution >= 4 is 17.1 Å². The lowest BCUT2D eigenvalue weighted by Gasteiger charge is -1.99. The average Bonchev–Trinajstić information content (AvgIpc) is 2.92. The zero-order chi connectivity index (χ0) is 13.8. The molecule has 0 N–H and O–H groups in total. The Labute approximate surface area is 117 Å². The topological polar surface area (TPSA) is 39.9 Å². The molecule has 3 aromatic rings. The van der Waals surface area contributed by atoms with Gasteiger partial charge in [0.15, 0.2) is 0 Å². The molecule has 0 saturated heterocycles. The first kappa shape index (κ1) is 12.4. The van der Waals surface area contributed by atoms with E-state index in [4.69, 9.17) is 4.74 Å². The Morgan fingerprint density at radius 3 is 2.70 bits per heavy atom. The largest absolute Gasteiger partial charge is 0.497 e. The normalized spacial score (nSPS) is 11.2. The van der Waals surface area contributed by atoms with Crippen LogP contribution < -0.4 is 4.74 Å². The highest BCUT2D eigenvalue weighted by Gasteiger charge is 2.00. The number of para-hydroxylation sites is 1. The molecule has 20 heavy (non-hydrogen) atoms. The summed E-state index contributed by atoms with van der Waals surface area (Å²) in [6.07, 6.45) is 4.14. The Kier molecular flexibility index (Phi) is 3.46. The number of nitrogens with zero attached hydrogens (tertiary/aromatic N) is 3. The third kappa shape index (κ3) is 2.54. The van der Waals surface area contributed by atoms with Crippen LogP contribution in [0.2, 0.25) is 0 Å². The Morgan fingerprint density at radius 1 is 1.10 bits per heavy atom. The number of fused-ring (bicyclic) bond motifs is 1. The summed E-state index contributed by atoms with van der Waals surface area (Å²) in [6, 6.07) is 15.9. The van der Waals surface area contributed by atoms with E-state index in [1.807, 2.05) is 53.2 Å². The van der Waals surface area contributed by atoms with Crippen molar-refractivity contribution in [2.75, 3.05) is 7.11 Å². The minimum atomic E-state index is 0.701. The van der Waals surface area contributed by atoms with E-state index in [9.17, 15) is 0 Å². The van der Waals surface area contributed by atoms with E-state index in [-0.39, 0.29) is 0 Å². The summed E-state index contributed by atoms with van der Waals surface area (Å²) in [5, 5.41) is 8.28. The average molecular weight is 265 g/mol. The van der Waals surface area contributed by atoms with Crippen LogP contribution >= 0.6 is 0 Å². The van der Waals surface area contributed by atoms with Gasteiger partial charge in [0.05, 0.1) is 19.2 Å². The zero-order valence-electron chi connectivity index (χ0n) is 11.2. The SMILES string of the molecule is COc1ccc(/C=C/Cn2nnc3ccccc32)cc1. The van der Waals surface area contributed by atoms with Gasteiger partial charge >= 0.3 is 0 Å². The summed E-state index contributed by atoms with van der Waals surface area (Å²) >= 11 is 0. The van der Waals surface area contributed by atoms with E-state index in [1.54, 1.807) is 7.11 Å². The summed E-state index contributed by atoms with van der Waals surface area (Å²) in [7, 11) is 1.67. The molecule has 0 aliphatic rings. The Morgan fingerprint density at radius 2 is 1.90 bits per heavy atom. The molecule has 0 amide bonds. The van der Waals surface area contributed by atoms with Crippen LogP contribution in [-0.4, -0.2) is 22.1 Å². The van der Waals surface area contributed by atoms with Crippen molar-refractivity contribution < 1.29 is 4.74 Å². The van der Waals surface area contributed by atoms with Crippen molar-refractivity contribution in [1.29, 1.82) is 0 Å². The van der Waals surface area contributed by atoms with Gasteiger partial charge in [-0.2, -0.15) is 0 Å². The minimum absolute atomic E-state index is 0.701. The van der Waals surface area contributed by atoms with Crippen LogP contribution in [0.4, 0.5) is 0 Å². The molecule has 1 aromatic heterocycles. The fourth-order valence-electron chi connectivity index (χ4n) is 2.06. The Hall–Kier alpha value is -2.62. The number of allylic oxidation sites excluding steroid dienone is 1. The molecule has 0 aliphatic carbocycles. The lowest BCUT2D eigenvalue weighted by atomic mass is 10.2. The molecule has 0 unspecified atom stereocenters. The van der Waals surface area contributed by atoms with Crippen LogP contribution in [0.5, 0.6) is 5.75 Å². The Balaban J connectivity index is 1.73. The standard InChI is InChI=1S/C16H15N3O/c1-20-14-10-8-13(9-11-14)5-4-12-19-16-7-3-2-6-15(16)17-18-19/h2-11H,12H2,1H3/b5-4+. The maximum absolute atomic E-state index is 5.13. The van der Waals surface area contributed by atoms with Gasteiger partial charge in [-0.1, -0.05) is 41.6 Å². The van der Waals surface area contributed by atoms with E-state index >= 15 is 0 Å². The van der Waals surface area contributed by atoms with Crippen LogP contribution in [0.15, 0.2) is 54.6 Å². The van der Waals surface area contributed by atoms with Crippen molar-refractivity contribution in [3.63, 3.8) is 0 Å². The highest BCUT2D eigenvalue weighted by molar-refractivity contribution is 5.73. The summed E-state index contributed by atoms with van der Waals surface area (Å²) in [5.41, 5.74) is 3.10. The fraction of sp³-hybridized carbons (Fsp3) is 0.125. The first-order chi connectivity index (χ1) is 9.86. The minimum Gasteiger partial charge on any atom is -0.497 e. The molecule has 4 nitrogen and oxygen atoms in total. The van der Waals surface area contributed by atoms with Crippen molar-refractivity contribution in [2.45, 2.75) is 6.54 Å². The third-order valence-corrected chi connectivity index (χ3v) is 3.12. The van der Waals surface area contributed by atoms with Gasteiger partial charge < -0.3 is 4.74 Å². The maximum Gasteiger partial charge on any atom is 0.118 e. The Bertz CT molecular complexity index is 729. The van der Waals surface area contributed by atoms with E-state index in [2.05, 4.69) is 22.5 Å². The van der Waals surface area contributed by atoms with Gasteiger partial charge in [-0.25, -0.2) is 4.68 Å². The summed E-state index contributed by atoms with van der Waals surface area (Å²) < 4.78 is 7.02. The molecule has 2 aromatic carbocycles. The number of rotatable bonds is 4. The van der Waals surface area contributed by atoms with Gasteiger partial charge in [0.2, 0.25) is 0 Å². The van der Waals surface area contributed by atoms with Crippen molar-refractivity contribution in [2.24, 2.45) is 0 Å². The van der Waals surface area contributed by atoms with Gasteiger partial charge in [0, 0.05) is 0 Å². The number of aromatic nitrogens is 3. The number of methoxy groups -OCH3 is 1. The van der Waals surface area contributed by atoms with E-state index < -0.39 is 0 Å². The first-order valence-corrected chi connectivity index (χ1v) is 6.45. The molecule has 0 atom stereocenters. The summed E-state index contributed by atoms with van der Waals surface area (Å²) in [6.45, 7) is 0.701. The van der Waals surface area contributed by atoms with Crippen LogP contribution in [0, 0.1) is 0 Å². The molecule has 0 aliphatic heterocycles. The number of hydrogen-bond acceptors (Lipinski definition) is 3. The third-order valence-electron chi connectivity index (χ3n) is 3.12. The zero-order valence-corrected chi connectivity index (χ0v) is 11.2. The predicted molar refractivity (Wildman–Crippen MR) is 79.6 cm³/mol. The molecular formula is C16H15N3O. The molecule has 0 saturated carbocycles. The number of ether oxygens (including phenoxy) is 1. The molecule has 1 heterocycles. The highest BCUT2D eigenvalue weighted by atomic mass is 16.5. The number of benzene rings is 2. The molecule has 0 fully saturated rings.